The zero-order chi connectivity index (χ0) is 16.6. The van der Waals surface area contributed by atoms with Gasteiger partial charge in [-0.3, -0.25) is 14.8 Å². The Hall–Kier alpha value is -2.06. The van der Waals surface area contributed by atoms with Gasteiger partial charge >= 0.3 is 0 Å². The molecular weight excluding hydrogens is 316 g/mol. The lowest BCUT2D eigenvalue weighted by Gasteiger charge is -2.33. The largest absolute Gasteiger partial charge is 0.288 e. The zero-order valence-corrected chi connectivity index (χ0v) is 13.8. The maximum Gasteiger partial charge on any atom is 0.288 e. The van der Waals surface area contributed by atoms with Crippen LogP contribution in [-0.4, -0.2) is 66.0 Å². The van der Waals surface area contributed by atoms with E-state index in [0.717, 1.165) is 0 Å². The summed E-state index contributed by atoms with van der Waals surface area (Å²) in [5.74, 6) is -0.244. The Morgan fingerprint density at radius 1 is 1.22 bits per heavy atom. The van der Waals surface area contributed by atoms with E-state index in [1.165, 1.54) is 11.2 Å². The van der Waals surface area contributed by atoms with Crippen LogP contribution in [0, 0.1) is 0 Å². The first kappa shape index (κ1) is 15.8. The highest BCUT2D eigenvalue weighted by atomic mass is 32.2. The number of fused-ring (bicyclic) bond motifs is 1. The fourth-order valence-electron chi connectivity index (χ4n) is 2.82. The number of nitrogens with zero attached hydrogens (tertiary/aromatic N) is 4. The van der Waals surface area contributed by atoms with Crippen LogP contribution in [0.5, 0.6) is 0 Å². The summed E-state index contributed by atoms with van der Waals surface area (Å²) in [5, 5.41) is 3.08. The molecule has 0 saturated carbocycles. The second kappa shape index (κ2) is 5.86. The first-order valence-electron chi connectivity index (χ1n) is 7.30. The minimum absolute atomic E-state index is 0.0159. The van der Waals surface area contributed by atoms with Crippen molar-refractivity contribution in [3.05, 3.63) is 36.2 Å². The monoisotopic (exact) mass is 334 g/mol. The molecule has 7 nitrogen and oxygen atoms in total. The molecule has 1 aromatic carbocycles. The van der Waals surface area contributed by atoms with Crippen LogP contribution in [-0.2, 0) is 9.84 Å². The lowest BCUT2D eigenvalue weighted by atomic mass is 10.2. The summed E-state index contributed by atoms with van der Waals surface area (Å²) < 4.78 is 23.4. The number of sulfone groups is 1. The second-order valence-electron chi connectivity index (χ2n) is 5.80. The molecule has 1 atom stereocenters. The summed E-state index contributed by atoms with van der Waals surface area (Å²) in [5.41, 5.74) is 1.56. The van der Waals surface area contributed by atoms with E-state index >= 15 is 0 Å². The predicted octanol–water partition coefficient (Wildman–Crippen LogP) is 0.736. The zero-order valence-electron chi connectivity index (χ0n) is 13.0. The maximum absolute atomic E-state index is 12.8. The summed E-state index contributed by atoms with van der Waals surface area (Å²) in [4.78, 5) is 21.4. The maximum atomic E-state index is 12.8. The molecular formula is C15H18N4O3S. The number of aromatic nitrogens is 2. The molecule has 1 saturated heterocycles. The van der Waals surface area contributed by atoms with Crippen molar-refractivity contribution < 1.29 is 13.2 Å². The average Bonchev–Trinajstić information content (AvgIpc) is 2.86. The van der Waals surface area contributed by atoms with Crippen LogP contribution in [0.2, 0.25) is 0 Å². The van der Waals surface area contributed by atoms with Gasteiger partial charge in [0.1, 0.15) is 5.69 Å². The van der Waals surface area contributed by atoms with Gasteiger partial charge in [-0.1, -0.05) is 12.1 Å². The molecule has 1 aromatic heterocycles. The van der Waals surface area contributed by atoms with Gasteiger partial charge in [0, 0.05) is 14.1 Å². The van der Waals surface area contributed by atoms with Gasteiger partial charge in [0.2, 0.25) is 0 Å². The second-order valence-corrected chi connectivity index (χ2v) is 8.03. The van der Waals surface area contributed by atoms with Crippen molar-refractivity contribution in [2.75, 3.05) is 25.6 Å². The summed E-state index contributed by atoms with van der Waals surface area (Å²) in [6.45, 7) is 0. The number of hydrazine groups is 1. The Morgan fingerprint density at radius 2 is 1.91 bits per heavy atom. The molecule has 8 heteroatoms. The summed E-state index contributed by atoms with van der Waals surface area (Å²) in [6, 6.07) is 6.94. The Morgan fingerprint density at radius 3 is 2.52 bits per heavy atom. The number of hydrogen-bond acceptors (Lipinski definition) is 6. The molecule has 1 amide bonds. The summed E-state index contributed by atoms with van der Waals surface area (Å²) in [7, 11) is 0.358. The van der Waals surface area contributed by atoms with E-state index in [1.807, 2.05) is 18.2 Å². The average molecular weight is 334 g/mol. The number of hydrogen-bond donors (Lipinski definition) is 0. The molecule has 2 heterocycles. The van der Waals surface area contributed by atoms with Crippen LogP contribution >= 0.6 is 0 Å². The van der Waals surface area contributed by atoms with Crippen LogP contribution in [0.1, 0.15) is 16.9 Å². The fourth-order valence-corrected chi connectivity index (χ4v) is 4.51. The number of carbonyl (C=O) groups excluding carboxylic acids is 1. The number of carbonyl (C=O) groups is 1. The van der Waals surface area contributed by atoms with E-state index in [0.29, 0.717) is 17.5 Å². The number of benzene rings is 1. The van der Waals surface area contributed by atoms with E-state index < -0.39 is 9.84 Å². The minimum Gasteiger partial charge on any atom is -0.266 e. The van der Waals surface area contributed by atoms with Gasteiger partial charge in [-0.05, 0) is 18.6 Å². The Labute approximate surface area is 134 Å². The highest BCUT2D eigenvalue weighted by molar-refractivity contribution is 7.91. The molecule has 3 rings (SSSR count). The van der Waals surface area contributed by atoms with Gasteiger partial charge in [0.05, 0.1) is 34.8 Å². The summed E-state index contributed by atoms with van der Waals surface area (Å²) in [6.07, 6.45) is 1.87. The van der Waals surface area contributed by atoms with Crippen molar-refractivity contribution >= 4 is 26.8 Å². The quantitative estimate of drug-likeness (QED) is 0.770. The number of amides is 1. The highest BCUT2D eigenvalue weighted by Gasteiger charge is 2.36. The van der Waals surface area contributed by atoms with E-state index in [2.05, 4.69) is 9.97 Å². The molecule has 2 aromatic rings. The van der Waals surface area contributed by atoms with Gasteiger partial charge < -0.3 is 0 Å². The summed E-state index contributed by atoms with van der Waals surface area (Å²) >= 11 is 0. The minimum atomic E-state index is -3.08. The van der Waals surface area contributed by atoms with E-state index in [1.54, 1.807) is 25.2 Å². The van der Waals surface area contributed by atoms with Crippen LogP contribution in [0.4, 0.5) is 0 Å². The molecule has 0 bridgehead atoms. The first-order valence-corrected chi connectivity index (χ1v) is 9.12. The van der Waals surface area contributed by atoms with Gasteiger partial charge in [0.25, 0.3) is 5.91 Å². The third kappa shape index (κ3) is 3.18. The van der Waals surface area contributed by atoms with Crippen molar-refractivity contribution in [1.29, 1.82) is 0 Å². The molecule has 0 N–H and O–H groups in total. The van der Waals surface area contributed by atoms with Crippen LogP contribution in [0.15, 0.2) is 30.5 Å². The number of para-hydroxylation sites is 2. The molecule has 1 aliphatic rings. The van der Waals surface area contributed by atoms with Crippen molar-refractivity contribution in [3.8, 4) is 0 Å². The standard InChI is InChI=1S/C15H18N4O3S/c1-18(2)19(11-7-8-23(21,22)10-11)15(20)14-9-16-12-5-3-4-6-13(12)17-14/h3-6,9,11H,7-8,10H2,1-2H3/t11-/m0/s1. The predicted molar refractivity (Wildman–Crippen MR) is 86.5 cm³/mol. The van der Waals surface area contributed by atoms with Crippen LogP contribution < -0.4 is 0 Å². The van der Waals surface area contributed by atoms with Crippen molar-refractivity contribution in [2.24, 2.45) is 0 Å². The smallest absolute Gasteiger partial charge is 0.266 e. The van der Waals surface area contributed by atoms with Crippen molar-refractivity contribution in [1.82, 2.24) is 20.0 Å². The third-order valence-corrected chi connectivity index (χ3v) is 5.61. The Bertz CT molecular complexity index is 851. The molecule has 0 radical (unpaired) electrons. The lowest BCUT2D eigenvalue weighted by molar-refractivity contribution is 0.000467. The van der Waals surface area contributed by atoms with Gasteiger partial charge in [-0.15, -0.1) is 0 Å². The van der Waals surface area contributed by atoms with E-state index in [-0.39, 0.29) is 29.1 Å². The lowest BCUT2D eigenvalue weighted by Crippen LogP contribution is -2.49. The van der Waals surface area contributed by atoms with Crippen LogP contribution in [0.3, 0.4) is 0 Å². The molecule has 122 valence electrons. The molecule has 1 aliphatic heterocycles. The van der Waals surface area contributed by atoms with Crippen LogP contribution in [0.25, 0.3) is 11.0 Å². The normalized spacial score (nSPS) is 20.0. The fraction of sp³-hybridized carbons (Fsp3) is 0.400. The van der Waals surface area contributed by atoms with Crippen molar-refractivity contribution in [2.45, 2.75) is 12.5 Å². The van der Waals surface area contributed by atoms with E-state index in [4.69, 9.17) is 0 Å². The Balaban J connectivity index is 1.94. The molecule has 0 unspecified atom stereocenters. The first-order chi connectivity index (χ1) is 10.9. The topological polar surface area (TPSA) is 83.5 Å². The van der Waals surface area contributed by atoms with Gasteiger partial charge in [-0.2, -0.15) is 0 Å². The van der Waals surface area contributed by atoms with Gasteiger partial charge in [-0.25, -0.2) is 18.4 Å². The van der Waals surface area contributed by atoms with E-state index in [9.17, 15) is 13.2 Å². The molecule has 0 spiro atoms. The SMILES string of the molecule is CN(C)N(C(=O)c1cnc2ccccc2n1)[C@H]1CCS(=O)(=O)C1. The molecule has 23 heavy (non-hydrogen) atoms. The number of rotatable bonds is 3. The van der Waals surface area contributed by atoms with Gasteiger partial charge in [0.15, 0.2) is 9.84 Å². The Kier molecular flexibility index (Phi) is 4.03. The third-order valence-electron chi connectivity index (χ3n) is 3.86. The van der Waals surface area contributed by atoms with Crippen molar-refractivity contribution in [3.63, 3.8) is 0 Å². The molecule has 1 fully saturated rings. The molecule has 0 aliphatic carbocycles. The highest BCUT2D eigenvalue weighted by Crippen LogP contribution is 2.20.